The van der Waals surface area contributed by atoms with Crippen LogP contribution in [-0.2, 0) is 4.79 Å². The van der Waals surface area contributed by atoms with E-state index in [1.165, 1.54) is 0 Å². The highest BCUT2D eigenvalue weighted by Gasteiger charge is 2.33. The van der Waals surface area contributed by atoms with E-state index in [-0.39, 0.29) is 5.78 Å². The Bertz CT molecular complexity index is 1510. The Morgan fingerprint density at radius 3 is 1.21 bits per heavy atom. The normalized spacial score (nSPS) is 11.9. The van der Waals surface area contributed by atoms with Crippen LogP contribution in [0.25, 0.3) is 0 Å². The summed E-state index contributed by atoms with van der Waals surface area (Å²) >= 11 is 17.1. The SMILES string of the molecule is O=C(C(Oc1cccc(Br)c1)c1ccc(Br)cc1)C(Oc1cccc(Br)c1)c1ccc(Br)cc1.Oc1cccc(Br)c1. The zero-order valence-electron chi connectivity index (χ0n) is 21.8. The molecule has 0 aromatic heterocycles. The van der Waals surface area contributed by atoms with Gasteiger partial charge in [-0.3, -0.25) is 4.79 Å². The van der Waals surface area contributed by atoms with Gasteiger partial charge in [0.15, 0.2) is 12.2 Å². The second-order valence-corrected chi connectivity index (χ2v) is 13.5. The molecular weight excluding hydrogens is 860 g/mol. The summed E-state index contributed by atoms with van der Waals surface area (Å²) in [5.74, 6) is 1.23. The number of ether oxygens (including phenoxy) is 2. The average molecular weight is 883 g/mol. The summed E-state index contributed by atoms with van der Waals surface area (Å²) in [6.07, 6.45) is -1.77. The molecule has 4 nitrogen and oxygen atoms in total. The van der Waals surface area contributed by atoms with E-state index in [0.717, 1.165) is 33.5 Å². The van der Waals surface area contributed by atoms with Gasteiger partial charge in [0, 0.05) is 33.5 Å². The summed E-state index contributed by atoms with van der Waals surface area (Å²) in [5, 5.41) is 8.78. The summed E-state index contributed by atoms with van der Waals surface area (Å²) in [6, 6.07) is 36.9. The first-order valence-electron chi connectivity index (χ1n) is 12.5. The van der Waals surface area contributed by atoms with Crippen LogP contribution in [0.4, 0.5) is 0 Å². The maximum Gasteiger partial charge on any atom is 0.222 e. The third-order valence-corrected chi connectivity index (χ3v) is 8.31. The van der Waals surface area contributed by atoms with E-state index in [4.69, 9.17) is 14.6 Å². The van der Waals surface area contributed by atoms with Gasteiger partial charge >= 0.3 is 0 Å². The van der Waals surface area contributed by atoms with E-state index in [9.17, 15) is 4.79 Å². The van der Waals surface area contributed by atoms with Crippen LogP contribution in [0.15, 0.2) is 144 Å². The van der Waals surface area contributed by atoms with E-state index >= 15 is 0 Å². The lowest BCUT2D eigenvalue weighted by molar-refractivity contribution is -0.133. The molecule has 2 atom stereocenters. The Morgan fingerprint density at radius 2 is 0.881 bits per heavy atom. The standard InChI is InChI=1S/C27H18Br4O3.C6H5BrO/c28-19-11-7-17(8-12-19)26(33-23-5-1-3-21(30)15-23)25(32)27(18-9-13-20(29)14-10-18)34-24-6-2-4-22(31)16-24;7-5-2-1-3-6(8)4-5/h1-16,26-27H;1-4,8H. The van der Waals surface area contributed by atoms with Crippen molar-refractivity contribution in [2.75, 3.05) is 0 Å². The van der Waals surface area contributed by atoms with Gasteiger partial charge in [-0.1, -0.05) is 122 Å². The fourth-order valence-electron chi connectivity index (χ4n) is 3.82. The van der Waals surface area contributed by atoms with Gasteiger partial charge in [0.05, 0.1) is 0 Å². The summed E-state index contributed by atoms with van der Waals surface area (Å²) in [4.78, 5) is 14.1. The number of carbonyl (C=O) groups is 1. The molecule has 214 valence electrons. The number of hydrogen-bond donors (Lipinski definition) is 1. The number of ketones is 1. The van der Waals surface area contributed by atoms with Crippen LogP contribution in [0.3, 0.4) is 0 Å². The lowest BCUT2D eigenvalue weighted by Crippen LogP contribution is -2.28. The molecule has 0 aliphatic rings. The van der Waals surface area contributed by atoms with Crippen LogP contribution in [-0.4, -0.2) is 10.9 Å². The van der Waals surface area contributed by atoms with Crippen LogP contribution in [0, 0.1) is 0 Å². The molecule has 0 radical (unpaired) electrons. The second kappa shape index (κ2) is 15.9. The predicted octanol–water partition coefficient (Wildman–Crippen LogP) is 11.4. The first-order chi connectivity index (χ1) is 20.2. The van der Waals surface area contributed by atoms with Gasteiger partial charge in [-0.2, -0.15) is 0 Å². The predicted molar refractivity (Wildman–Crippen MR) is 184 cm³/mol. The van der Waals surface area contributed by atoms with Crippen molar-refractivity contribution in [3.05, 3.63) is 155 Å². The molecule has 0 heterocycles. The van der Waals surface area contributed by atoms with Crippen molar-refractivity contribution in [3.63, 3.8) is 0 Å². The van der Waals surface area contributed by atoms with Gasteiger partial charge < -0.3 is 14.6 Å². The fourth-order valence-corrected chi connectivity index (χ4v) is 5.49. The summed E-state index contributed by atoms with van der Waals surface area (Å²) in [5.41, 5.74) is 1.46. The summed E-state index contributed by atoms with van der Waals surface area (Å²) in [6.45, 7) is 0. The number of rotatable bonds is 8. The number of benzene rings is 5. The Labute approximate surface area is 286 Å². The molecule has 0 saturated heterocycles. The molecule has 1 N–H and O–H groups in total. The van der Waals surface area contributed by atoms with Crippen molar-refractivity contribution in [3.8, 4) is 17.2 Å². The topological polar surface area (TPSA) is 55.8 Å². The fraction of sp³-hybridized carbons (Fsp3) is 0.0606. The van der Waals surface area contributed by atoms with Crippen molar-refractivity contribution in [1.29, 1.82) is 0 Å². The van der Waals surface area contributed by atoms with Gasteiger partial charge in [0.2, 0.25) is 5.78 Å². The minimum Gasteiger partial charge on any atom is -0.508 e. The quantitative estimate of drug-likeness (QED) is 0.169. The van der Waals surface area contributed by atoms with E-state index in [1.54, 1.807) is 18.2 Å². The molecule has 9 heteroatoms. The van der Waals surface area contributed by atoms with E-state index in [2.05, 4.69) is 79.6 Å². The minimum atomic E-state index is -0.886. The van der Waals surface area contributed by atoms with Crippen molar-refractivity contribution in [1.82, 2.24) is 0 Å². The van der Waals surface area contributed by atoms with Gasteiger partial charge in [0.1, 0.15) is 17.2 Å². The number of phenolic OH excluding ortho intramolecular Hbond substituents is 1. The first-order valence-corrected chi connectivity index (χ1v) is 16.5. The molecule has 0 bridgehead atoms. The number of hydrogen-bond acceptors (Lipinski definition) is 4. The van der Waals surface area contributed by atoms with Gasteiger partial charge in [-0.15, -0.1) is 0 Å². The maximum absolute atomic E-state index is 14.1. The molecule has 0 amide bonds. The zero-order chi connectivity index (χ0) is 30.1. The molecule has 2 unspecified atom stereocenters. The third-order valence-electron chi connectivity index (χ3n) is 5.77. The molecule has 0 aliphatic heterocycles. The van der Waals surface area contributed by atoms with Gasteiger partial charge in [0.25, 0.3) is 0 Å². The summed E-state index contributed by atoms with van der Waals surface area (Å²) < 4.78 is 17.0. The van der Waals surface area contributed by atoms with Gasteiger partial charge in [-0.25, -0.2) is 0 Å². The van der Waals surface area contributed by atoms with Crippen molar-refractivity contribution < 1.29 is 19.4 Å². The Balaban J connectivity index is 0.000000437. The largest absolute Gasteiger partial charge is 0.508 e. The molecule has 0 fully saturated rings. The first kappa shape index (κ1) is 32.5. The van der Waals surface area contributed by atoms with Crippen LogP contribution < -0.4 is 9.47 Å². The third kappa shape index (κ3) is 9.81. The highest BCUT2D eigenvalue weighted by molar-refractivity contribution is 9.11. The Morgan fingerprint density at radius 1 is 0.500 bits per heavy atom. The lowest BCUT2D eigenvalue weighted by atomic mass is 9.97. The highest BCUT2D eigenvalue weighted by atomic mass is 79.9. The van der Waals surface area contributed by atoms with Crippen LogP contribution in [0.2, 0.25) is 0 Å². The van der Waals surface area contributed by atoms with Crippen LogP contribution in [0.1, 0.15) is 23.3 Å². The van der Waals surface area contributed by atoms with Crippen molar-refractivity contribution >= 4 is 85.4 Å². The van der Waals surface area contributed by atoms with Crippen LogP contribution in [0.5, 0.6) is 17.2 Å². The number of aromatic hydroxyl groups is 1. The molecule has 5 rings (SSSR count). The maximum atomic E-state index is 14.1. The molecule has 0 spiro atoms. The van der Waals surface area contributed by atoms with Gasteiger partial charge in [-0.05, 0) is 78.9 Å². The lowest BCUT2D eigenvalue weighted by Gasteiger charge is -2.25. The van der Waals surface area contributed by atoms with Crippen molar-refractivity contribution in [2.24, 2.45) is 0 Å². The molecular formula is C33H23Br5O4. The minimum absolute atomic E-state index is 0.218. The smallest absolute Gasteiger partial charge is 0.222 e. The molecule has 42 heavy (non-hydrogen) atoms. The Kier molecular flexibility index (Phi) is 12.3. The Hall–Kier alpha value is -2.43. The number of halogens is 5. The van der Waals surface area contributed by atoms with E-state index < -0.39 is 12.2 Å². The number of carbonyl (C=O) groups excluding carboxylic acids is 1. The monoisotopic (exact) mass is 878 g/mol. The average Bonchev–Trinajstić information content (AvgIpc) is 2.96. The second-order valence-electron chi connectivity index (χ2n) is 8.90. The number of phenols is 1. The van der Waals surface area contributed by atoms with E-state index in [0.29, 0.717) is 17.2 Å². The van der Waals surface area contributed by atoms with Crippen molar-refractivity contribution in [2.45, 2.75) is 12.2 Å². The summed E-state index contributed by atoms with van der Waals surface area (Å²) in [7, 11) is 0. The molecule has 0 aliphatic carbocycles. The molecule has 5 aromatic rings. The zero-order valence-corrected chi connectivity index (χ0v) is 29.7. The van der Waals surface area contributed by atoms with E-state index in [1.807, 2.05) is 103 Å². The highest BCUT2D eigenvalue weighted by Crippen LogP contribution is 2.34. The molecule has 0 saturated carbocycles. The molecule has 5 aromatic carbocycles. The van der Waals surface area contributed by atoms with Crippen LogP contribution >= 0.6 is 79.6 Å². The number of Topliss-reactive ketones (excluding diaryl/α,β-unsaturated/α-hetero) is 1.